The second-order valence-electron chi connectivity index (χ2n) is 6.96. The fraction of sp³-hybridized carbons (Fsp3) is 0.611. The van der Waals surface area contributed by atoms with Crippen LogP contribution in [0.25, 0.3) is 0 Å². The van der Waals surface area contributed by atoms with E-state index in [1.807, 2.05) is 0 Å². The van der Waals surface area contributed by atoms with Crippen LogP contribution in [-0.2, 0) is 19.6 Å². The third kappa shape index (κ3) is 5.42. The number of amides is 1. The van der Waals surface area contributed by atoms with Crippen molar-refractivity contribution >= 4 is 34.0 Å². The minimum atomic E-state index is -3.53. The van der Waals surface area contributed by atoms with Gasteiger partial charge in [0, 0.05) is 32.0 Å². The molecule has 152 valence electrons. The molecule has 0 aromatic heterocycles. The van der Waals surface area contributed by atoms with E-state index in [1.165, 1.54) is 10.4 Å². The maximum absolute atomic E-state index is 12.8. The van der Waals surface area contributed by atoms with Crippen LogP contribution in [0.2, 0.25) is 0 Å². The highest BCUT2D eigenvalue weighted by Gasteiger charge is 2.28. The molecule has 1 unspecified atom stereocenters. The molecule has 0 spiro atoms. The van der Waals surface area contributed by atoms with Gasteiger partial charge in [-0.05, 0) is 49.8 Å². The number of nitrogens with two attached hydrogens (primary N) is 1. The summed E-state index contributed by atoms with van der Waals surface area (Å²) in [6.45, 7) is 2.34. The number of halogens is 1. The average Bonchev–Trinajstić information content (AvgIpc) is 2.69. The number of piperidine rings is 1. The smallest absolute Gasteiger partial charge is 0.243 e. The number of rotatable bonds is 5. The Labute approximate surface area is 167 Å². The number of benzene rings is 1. The molecule has 9 heteroatoms. The maximum Gasteiger partial charge on any atom is 0.243 e. The standard InChI is InChI=1S/C18H27N3O4S.ClH/c19-17(14-7-11-25-12-8-14)18(22)20-15-5-4-6-16(13-15)26(23,24)21-9-2-1-3-10-21;/h4-6,13-14,17H,1-3,7-12,19H2,(H,20,22);1H. The lowest BCUT2D eigenvalue weighted by molar-refractivity contribution is -0.119. The summed E-state index contributed by atoms with van der Waals surface area (Å²) in [4.78, 5) is 12.6. The van der Waals surface area contributed by atoms with Crippen molar-refractivity contribution < 1.29 is 17.9 Å². The Kier molecular flexibility index (Phi) is 8.05. The van der Waals surface area contributed by atoms with E-state index < -0.39 is 16.1 Å². The SMILES string of the molecule is Cl.NC(C(=O)Nc1cccc(S(=O)(=O)N2CCCCC2)c1)C1CCOCC1. The van der Waals surface area contributed by atoms with E-state index in [0.29, 0.717) is 32.0 Å². The largest absolute Gasteiger partial charge is 0.381 e. The van der Waals surface area contributed by atoms with Gasteiger partial charge < -0.3 is 15.8 Å². The molecular formula is C18H28ClN3O4S. The van der Waals surface area contributed by atoms with E-state index in [-0.39, 0.29) is 29.1 Å². The number of anilines is 1. The molecule has 1 amide bonds. The minimum absolute atomic E-state index is 0. The predicted octanol–water partition coefficient (Wildman–Crippen LogP) is 1.98. The summed E-state index contributed by atoms with van der Waals surface area (Å²) in [5.41, 5.74) is 6.54. The molecule has 27 heavy (non-hydrogen) atoms. The van der Waals surface area contributed by atoms with Crippen molar-refractivity contribution in [3.63, 3.8) is 0 Å². The lowest BCUT2D eigenvalue weighted by Crippen LogP contribution is -2.44. The molecule has 0 saturated carbocycles. The quantitative estimate of drug-likeness (QED) is 0.762. The highest BCUT2D eigenvalue weighted by Crippen LogP contribution is 2.24. The van der Waals surface area contributed by atoms with Crippen LogP contribution >= 0.6 is 12.4 Å². The Morgan fingerprint density at radius 2 is 1.85 bits per heavy atom. The molecular weight excluding hydrogens is 390 g/mol. The van der Waals surface area contributed by atoms with E-state index in [4.69, 9.17) is 10.5 Å². The van der Waals surface area contributed by atoms with Gasteiger partial charge in [-0.25, -0.2) is 8.42 Å². The molecule has 3 rings (SSSR count). The molecule has 0 aliphatic carbocycles. The Morgan fingerprint density at radius 3 is 2.52 bits per heavy atom. The number of carbonyl (C=O) groups is 1. The third-order valence-corrected chi connectivity index (χ3v) is 7.03. The summed E-state index contributed by atoms with van der Waals surface area (Å²) in [5, 5.41) is 2.77. The predicted molar refractivity (Wildman–Crippen MR) is 106 cm³/mol. The molecule has 1 atom stereocenters. The van der Waals surface area contributed by atoms with Crippen LogP contribution in [0.1, 0.15) is 32.1 Å². The highest BCUT2D eigenvalue weighted by molar-refractivity contribution is 7.89. The Bertz CT molecular complexity index is 732. The van der Waals surface area contributed by atoms with Crippen LogP contribution < -0.4 is 11.1 Å². The second kappa shape index (κ2) is 9.84. The van der Waals surface area contributed by atoms with Crippen molar-refractivity contribution in [2.24, 2.45) is 11.7 Å². The van der Waals surface area contributed by atoms with Gasteiger partial charge in [-0.3, -0.25) is 4.79 Å². The molecule has 1 aromatic carbocycles. The van der Waals surface area contributed by atoms with Gasteiger partial charge in [0.15, 0.2) is 0 Å². The molecule has 0 radical (unpaired) electrons. The number of hydrogen-bond donors (Lipinski definition) is 2. The summed E-state index contributed by atoms with van der Waals surface area (Å²) in [7, 11) is -3.53. The molecule has 2 aliphatic heterocycles. The second-order valence-corrected chi connectivity index (χ2v) is 8.90. The van der Waals surface area contributed by atoms with Crippen LogP contribution in [0.5, 0.6) is 0 Å². The van der Waals surface area contributed by atoms with E-state index in [2.05, 4.69) is 5.32 Å². The fourth-order valence-corrected chi connectivity index (χ4v) is 5.07. The van der Waals surface area contributed by atoms with Gasteiger partial charge >= 0.3 is 0 Å². The van der Waals surface area contributed by atoms with Crippen molar-refractivity contribution in [3.05, 3.63) is 24.3 Å². The van der Waals surface area contributed by atoms with E-state index in [1.54, 1.807) is 18.2 Å². The lowest BCUT2D eigenvalue weighted by atomic mass is 9.92. The van der Waals surface area contributed by atoms with E-state index in [0.717, 1.165) is 32.1 Å². The number of ether oxygens (including phenoxy) is 1. The zero-order chi connectivity index (χ0) is 18.6. The van der Waals surface area contributed by atoms with Crippen LogP contribution in [0.4, 0.5) is 5.69 Å². The minimum Gasteiger partial charge on any atom is -0.381 e. The fourth-order valence-electron chi connectivity index (χ4n) is 3.50. The summed E-state index contributed by atoms with van der Waals surface area (Å²) >= 11 is 0. The van der Waals surface area contributed by atoms with E-state index in [9.17, 15) is 13.2 Å². The zero-order valence-corrected chi connectivity index (χ0v) is 16.9. The number of sulfonamides is 1. The average molecular weight is 418 g/mol. The number of nitrogens with one attached hydrogen (secondary N) is 1. The normalized spacial score (nSPS) is 20.5. The number of nitrogens with zero attached hydrogens (tertiary/aromatic N) is 1. The first kappa shape index (κ1) is 22.1. The van der Waals surface area contributed by atoms with Crippen LogP contribution in [0.15, 0.2) is 29.2 Å². The van der Waals surface area contributed by atoms with Crippen LogP contribution in [0.3, 0.4) is 0 Å². The Balaban J connectivity index is 0.00000261. The molecule has 2 aliphatic rings. The van der Waals surface area contributed by atoms with Gasteiger partial charge in [-0.1, -0.05) is 12.5 Å². The van der Waals surface area contributed by atoms with E-state index >= 15 is 0 Å². The van der Waals surface area contributed by atoms with Gasteiger partial charge in [-0.2, -0.15) is 4.31 Å². The summed E-state index contributed by atoms with van der Waals surface area (Å²) in [6.07, 6.45) is 4.35. The first-order valence-corrected chi connectivity index (χ1v) is 10.7. The molecule has 3 N–H and O–H groups in total. The van der Waals surface area contributed by atoms with Crippen LogP contribution in [0, 0.1) is 5.92 Å². The zero-order valence-electron chi connectivity index (χ0n) is 15.3. The van der Waals surface area contributed by atoms with Gasteiger partial charge in [-0.15, -0.1) is 12.4 Å². The van der Waals surface area contributed by atoms with Crippen molar-refractivity contribution in [2.75, 3.05) is 31.6 Å². The summed E-state index contributed by atoms with van der Waals surface area (Å²) < 4.78 is 32.4. The molecule has 2 heterocycles. The number of hydrogen-bond acceptors (Lipinski definition) is 5. The van der Waals surface area contributed by atoms with Crippen molar-refractivity contribution in [1.82, 2.24) is 4.31 Å². The first-order valence-electron chi connectivity index (χ1n) is 9.23. The highest BCUT2D eigenvalue weighted by atomic mass is 35.5. The molecule has 1 aromatic rings. The molecule has 2 fully saturated rings. The van der Waals surface area contributed by atoms with Crippen molar-refractivity contribution in [2.45, 2.75) is 43.0 Å². The van der Waals surface area contributed by atoms with Crippen molar-refractivity contribution in [3.8, 4) is 0 Å². The molecule has 0 bridgehead atoms. The first-order chi connectivity index (χ1) is 12.5. The topological polar surface area (TPSA) is 102 Å². The number of carbonyl (C=O) groups excluding carboxylic acids is 1. The van der Waals surface area contributed by atoms with Crippen molar-refractivity contribution in [1.29, 1.82) is 0 Å². The van der Waals surface area contributed by atoms with Gasteiger partial charge in [0.25, 0.3) is 0 Å². The lowest BCUT2D eigenvalue weighted by Gasteiger charge is -2.27. The Hall–Kier alpha value is -1.19. The maximum atomic E-state index is 12.8. The molecule has 7 nitrogen and oxygen atoms in total. The van der Waals surface area contributed by atoms with Gasteiger partial charge in [0.2, 0.25) is 15.9 Å². The monoisotopic (exact) mass is 417 g/mol. The van der Waals surface area contributed by atoms with Crippen LogP contribution in [-0.4, -0.2) is 51.0 Å². The molecule has 2 saturated heterocycles. The summed E-state index contributed by atoms with van der Waals surface area (Å²) in [6, 6.07) is 5.79. The summed E-state index contributed by atoms with van der Waals surface area (Å²) in [5.74, 6) is -0.201. The van der Waals surface area contributed by atoms with Gasteiger partial charge in [0.1, 0.15) is 0 Å². The van der Waals surface area contributed by atoms with Gasteiger partial charge in [0.05, 0.1) is 10.9 Å². The Morgan fingerprint density at radius 1 is 1.19 bits per heavy atom. The third-order valence-electron chi connectivity index (χ3n) is 5.13.